The Kier molecular flexibility index (Phi) is 4.70. The third-order valence-electron chi connectivity index (χ3n) is 8.47. The fourth-order valence-electron chi connectivity index (χ4n) is 6.67. The first kappa shape index (κ1) is 17.5. The molecular formula is C21H36O2. The molecule has 3 fully saturated rings. The predicted molar refractivity (Wildman–Crippen MR) is 95.0 cm³/mol. The summed E-state index contributed by atoms with van der Waals surface area (Å²) < 4.78 is 0. The molecule has 7 atom stereocenters. The predicted octanol–water partition coefficient (Wildman–Crippen LogP) is 4.41. The van der Waals surface area contributed by atoms with Crippen molar-refractivity contribution in [3.63, 3.8) is 0 Å². The molecule has 0 unspecified atom stereocenters. The van der Waals surface area contributed by atoms with Crippen molar-refractivity contribution in [1.29, 1.82) is 0 Å². The Balaban J connectivity index is 1.89. The number of rotatable bonds is 3. The SMILES string of the molecule is C=C1CC[C@H]2[C@H](CO)[C@@H]([C@@]3(C)CC[C@H](C)C[C@@H]3CO)CC[C@]12C. The van der Waals surface area contributed by atoms with Gasteiger partial charge in [0.15, 0.2) is 0 Å². The molecule has 2 heteroatoms. The van der Waals surface area contributed by atoms with Gasteiger partial charge in [0, 0.05) is 13.2 Å². The summed E-state index contributed by atoms with van der Waals surface area (Å²) in [6.45, 7) is 12.1. The molecule has 3 aliphatic carbocycles. The molecule has 0 aromatic rings. The van der Waals surface area contributed by atoms with Gasteiger partial charge in [0.1, 0.15) is 0 Å². The molecule has 0 amide bonds. The summed E-state index contributed by atoms with van der Waals surface area (Å²) in [4.78, 5) is 0. The highest BCUT2D eigenvalue weighted by Crippen LogP contribution is 2.63. The zero-order valence-corrected chi connectivity index (χ0v) is 15.4. The van der Waals surface area contributed by atoms with Crippen LogP contribution in [-0.2, 0) is 0 Å². The van der Waals surface area contributed by atoms with Gasteiger partial charge in [-0.05, 0) is 78.9 Å². The van der Waals surface area contributed by atoms with E-state index in [1.807, 2.05) is 0 Å². The molecule has 132 valence electrons. The number of aliphatic hydroxyl groups excluding tert-OH is 2. The molecule has 0 aliphatic heterocycles. The second kappa shape index (κ2) is 6.19. The number of fused-ring (bicyclic) bond motifs is 1. The maximum absolute atomic E-state index is 10.3. The normalized spacial score (nSPS) is 50.8. The number of hydrogen-bond acceptors (Lipinski definition) is 2. The van der Waals surface area contributed by atoms with Gasteiger partial charge in [-0.2, -0.15) is 0 Å². The summed E-state index contributed by atoms with van der Waals surface area (Å²) in [5, 5.41) is 20.3. The average Bonchev–Trinajstić information content (AvgIpc) is 2.84. The second-order valence-electron chi connectivity index (χ2n) is 9.42. The van der Waals surface area contributed by atoms with Crippen LogP contribution in [0, 0.1) is 40.4 Å². The fraction of sp³-hybridized carbons (Fsp3) is 0.905. The Morgan fingerprint density at radius 3 is 2.43 bits per heavy atom. The van der Waals surface area contributed by atoms with E-state index < -0.39 is 0 Å². The third-order valence-corrected chi connectivity index (χ3v) is 8.47. The summed E-state index contributed by atoms with van der Waals surface area (Å²) in [6.07, 6.45) is 8.39. The summed E-state index contributed by atoms with van der Waals surface area (Å²) in [5.74, 6) is 2.67. The average molecular weight is 321 g/mol. The van der Waals surface area contributed by atoms with E-state index in [0.717, 1.165) is 18.8 Å². The Morgan fingerprint density at radius 2 is 1.78 bits per heavy atom. The molecule has 0 bridgehead atoms. The summed E-state index contributed by atoms with van der Waals surface area (Å²) >= 11 is 0. The van der Waals surface area contributed by atoms with E-state index in [1.165, 1.54) is 37.7 Å². The lowest BCUT2D eigenvalue weighted by molar-refractivity contribution is -0.0927. The number of allylic oxidation sites excluding steroid dienone is 1. The van der Waals surface area contributed by atoms with Gasteiger partial charge in [0.25, 0.3) is 0 Å². The minimum atomic E-state index is 0.194. The standard InChI is InChI=1S/C21H36O2/c1-14-7-9-21(4,16(11-14)12-22)19-8-10-20(3)15(2)5-6-18(20)17(19)13-23/h14,16-19,22-23H,2,5-13H2,1,3-4H3/t14-,16+,17-,18-,19-,20+,21-/m0/s1. The monoisotopic (exact) mass is 320 g/mol. The lowest BCUT2D eigenvalue weighted by Gasteiger charge is -2.56. The van der Waals surface area contributed by atoms with Crippen LogP contribution in [0.4, 0.5) is 0 Å². The van der Waals surface area contributed by atoms with Crippen LogP contribution in [0.1, 0.15) is 65.7 Å². The topological polar surface area (TPSA) is 40.5 Å². The van der Waals surface area contributed by atoms with Crippen molar-refractivity contribution in [2.24, 2.45) is 40.4 Å². The van der Waals surface area contributed by atoms with Crippen LogP contribution < -0.4 is 0 Å². The molecule has 0 spiro atoms. The van der Waals surface area contributed by atoms with E-state index in [0.29, 0.717) is 36.9 Å². The number of aliphatic hydroxyl groups is 2. The maximum atomic E-state index is 10.3. The molecule has 3 saturated carbocycles. The molecule has 2 N–H and O–H groups in total. The zero-order chi connectivity index (χ0) is 16.8. The van der Waals surface area contributed by atoms with Gasteiger partial charge in [0.05, 0.1) is 0 Å². The van der Waals surface area contributed by atoms with E-state index >= 15 is 0 Å². The highest BCUT2D eigenvalue weighted by molar-refractivity contribution is 5.20. The summed E-state index contributed by atoms with van der Waals surface area (Å²) in [5.41, 5.74) is 1.86. The molecule has 23 heavy (non-hydrogen) atoms. The lowest BCUT2D eigenvalue weighted by atomic mass is 9.49. The quantitative estimate of drug-likeness (QED) is 0.756. The van der Waals surface area contributed by atoms with Gasteiger partial charge in [0.2, 0.25) is 0 Å². The van der Waals surface area contributed by atoms with Crippen molar-refractivity contribution in [3.8, 4) is 0 Å². The van der Waals surface area contributed by atoms with Crippen LogP contribution in [0.2, 0.25) is 0 Å². The highest BCUT2D eigenvalue weighted by atomic mass is 16.3. The van der Waals surface area contributed by atoms with E-state index in [-0.39, 0.29) is 10.8 Å². The Hall–Kier alpha value is -0.340. The summed E-state index contributed by atoms with van der Waals surface area (Å²) in [6, 6.07) is 0. The lowest BCUT2D eigenvalue weighted by Crippen LogP contribution is -2.51. The molecular weight excluding hydrogens is 284 g/mol. The maximum Gasteiger partial charge on any atom is 0.0465 e. The smallest absolute Gasteiger partial charge is 0.0465 e. The summed E-state index contributed by atoms with van der Waals surface area (Å²) in [7, 11) is 0. The van der Waals surface area contributed by atoms with E-state index in [1.54, 1.807) is 0 Å². The zero-order valence-electron chi connectivity index (χ0n) is 15.4. The van der Waals surface area contributed by atoms with Crippen LogP contribution >= 0.6 is 0 Å². The minimum Gasteiger partial charge on any atom is -0.396 e. The van der Waals surface area contributed by atoms with Crippen molar-refractivity contribution < 1.29 is 10.2 Å². The van der Waals surface area contributed by atoms with Crippen LogP contribution in [0.5, 0.6) is 0 Å². The van der Waals surface area contributed by atoms with Gasteiger partial charge in [-0.15, -0.1) is 0 Å². The Bertz CT molecular complexity index is 459. The molecule has 0 aromatic carbocycles. The Labute approximate surface area is 142 Å². The minimum absolute atomic E-state index is 0.194. The first-order valence-corrected chi connectivity index (χ1v) is 9.76. The highest BCUT2D eigenvalue weighted by Gasteiger charge is 2.56. The van der Waals surface area contributed by atoms with Crippen molar-refractivity contribution >= 4 is 0 Å². The van der Waals surface area contributed by atoms with Crippen LogP contribution in [0.15, 0.2) is 12.2 Å². The first-order chi connectivity index (χ1) is 10.9. The molecule has 3 aliphatic rings. The van der Waals surface area contributed by atoms with E-state index in [4.69, 9.17) is 0 Å². The van der Waals surface area contributed by atoms with Gasteiger partial charge in [-0.25, -0.2) is 0 Å². The van der Waals surface area contributed by atoms with Gasteiger partial charge < -0.3 is 10.2 Å². The van der Waals surface area contributed by atoms with Crippen LogP contribution in [-0.4, -0.2) is 23.4 Å². The van der Waals surface area contributed by atoms with E-state index in [9.17, 15) is 10.2 Å². The molecule has 0 aromatic heterocycles. The van der Waals surface area contributed by atoms with Crippen molar-refractivity contribution in [1.82, 2.24) is 0 Å². The molecule has 2 nitrogen and oxygen atoms in total. The number of hydrogen-bond donors (Lipinski definition) is 2. The molecule has 0 radical (unpaired) electrons. The van der Waals surface area contributed by atoms with Gasteiger partial charge >= 0.3 is 0 Å². The van der Waals surface area contributed by atoms with Gasteiger partial charge in [-0.3, -0.25) is 0 Å². The largest absolute Gasteiger partial charge is 0.396 e. The van der Waals surface area contributed by atoms with Gasteiger partial charge in [-0.1, -0.05) is 39.3 Å². The third kappa shape index (κ3) is 2.61. The van der Waals surface area contributed by atoms with Crippen molar-refractivity contribution in [2.45, 2.75) is 65.7 Å². The van der Waals surface area contributed by atoms with Crippen molar-refractivity contribution in [3.05, 3.63) is 12.2 Å². The van der Waals surface area contributed by atoms with Crippen LogP contribution in [0.3, 0.4) is 0 Å². The molecule has 3 rings (SSSR count). The van der Waals surface area contributed by atoms with E-state index in [2.05, 4.69) is 27.4 Å². The first-order valence-electron chi connectivity index (χ1n) is 9.76. The molecule has 0 heterocycles. The van der Waals surface area contributed by atoms with Crippen LogP contribution in [0.25, 0.3) is 0 Å². The second-order valence-corrected chi connectivity index (χ2v) is 9.42. The Morgan fingerprint density at radius 1 is 1.04 bits per heavy atom. The van der Waals surface area contributed by atoms with Crippen molar-refractivity contribution in [2.75, 3.05) is 13.2 Å². The fourth-order valence-corrected chi connectivity index (χ4v) is 6.67. The molecule has 0 saturated heterocycles.